The number of anilines is 1. The molecule has 2 aromatic carbocycles. The summed E-state index contributed by atoms with van der Waals surface area (Å²) in [6, 6.07) is 20.0. The van der Waals surface area contributed by atoms with Crippen LogP contribution in [0.4, 0.5) is 5.69 Å². The topological polar surface area (TPSA) is 92.8 Å². The molecule has 8 nitrogen and oxygen atoms in total. The summed E-state index contributed by atoms with van der Waals surface area (Å²) in [6.45, 7) is 0.701. The van der Waals surface area contributed by atoms with Gasteiger partial charge in [-0.1, -0.05) is 23.7 Å². The molecule has 2 aromatic heterocycles. The van der Waals surface area contributed by atoms with Crippen LogP contribution in [0.25, 0.3) is 0 Å². The molecule has 5 rings (SSSR count). The van der Waals surface area contributed by atoms with Crippen LogP contribution < -0.4 is 10.1 Å². The van der Waals surface area contributed by atoms with E-state index in [9.17, 15) is 4.79 Å². The Kier molecular flexibility index (Phi) is 6.22. The third kappa shape index (κ3) is 4.92. The lowest BCUT2D eigenvalue weighted by Crippen LogP contribution is -2.47. The fourth-order valence-corrected chi connectivity index (χ4v) is 3.75. The Morgan fingerprint density at radius 3 is 2.50 bits per heavy atom. The lowest BCUT2D eigenvalue weighted by Gasteiger charge is -2.32. The molecular formula is C25H20ClN5O3. The minimum absolute atomic E-state index is 0.0374. The number of pyridine rings is 1. The van der Waals surface area contributed by atoms with Crippen molar-refractivity contribution in [1.82, 2.24) is 15.0 Å². The molecule has 0 aliphatic carbocycles. The summed E-state index contributed by atoms with van der Waals surface area (Å²) in [4.78, 5) is 24.0. The Balaban J connectivity index is 1.38. The molecule has 0 spiro atoms. The fourth-order valence-electron chi connectivity index (χ4n) is 3.62. The molecule has 0 radical (unpaired) electrons. The second-order valence-electron chi connectivity index (χ2n) is 7.64. The molecule has 1 aliphatic rings. The average molecular weight is 474 g/mol. The number of nitrogens with one attached hydrogen (secondary N) is 1. The fraction of sp³-hybridized carbons (Fsp3) is 0.120. The first-order valence-corrected chi connectivity index (χ1v) is 11.0. The van der Waals surface area contributed by atoms with Gasteiger partial charge in [0.2, 0.25) is 11.9 Å². The van der Waals surface area contributed by atoms with Gasteiger partial charge in [-0.15, -0.1) is 0 Å². The van der Waals surface area contributed by atoms with E-state index in [0.717, 1.165) is 16.8 Å². The van der Waals surface area contributed by atoms with Crippen molar-refractivity contribution >= 4 is 29.2 Å². The number of ether oxygens (including phenoxy) is 1. The monoisotopic (exact) mass is 473 g/mol. The van der Waals surface area contributed by atoms with Crippen molar-refractivity contribution in [3.63, 3.8) is 0 Å². The number of aromatic nitrogens is 2. The van der Waals surface area contributed by atoms with Gasteiger partial charge in [-0.2, -0.15) is 0 Å². The van der Waals surface area contributed by atoms with Crippen LogP contribution in [-0.4, -0.2) is 33.5 Å². The van der Waals surface area contributed by atoms with Crippen molar-refractivity contribution in [2.45, 2.75) is 12.5 Å². The number of halogens is 1. The number of hydrogen-bond donors (Lipinski definition) is 1. The molecule has 0 fully saturated rings. The van der Waals surface area contributed by atoms with Gasteiger partial charge in [0.1, 0.15) is 12.0 Å². The number of carbonyl (C=O) groups excluding carboxylic acids is 1. The highest BCUT2D eigenvalue weighted by Gasteiger charge is 2.33. The molecule has 0 bridgehead atoms. The number of guanidine groups is 1. The van der Waals surface area contributed by atoms with Crippen LogP contribution in [0.5, 0.6) is 11.6 Å². The zero-order valence-electron chi connectivity index (χ0n) is 18.0. The predicted octanol–water partition coefficient (Wildman–Crippen LogP) is 5.11. The Hall–Kier alpha value is -4.17. The van der Waals surface area contributed by atoms with Crippen LogP contribution >= 0.6 is 11.6 Å². The van der Waals surface area contributed by atoms with Crippen LogP contribution in [0.1, 0.15) is 17.0 Å². The summed E-state index contributed by atoms with van der Waals surface area (Å²) in [5, 5.41) is 7.65. The van der Waals surface area contributed by atoms with Crippen molar-refractivity contribution in [3.8, 4) is 11.6 Å². The van der Waals surface area contributed by atoms with Gasteiger partial charge in [-0.05, 0) is 64.8 Å². The number of nitrogens with zero attached hydrogens (tertiary/aromatic N) is 4. The van der Waals surface area contributed by atoms with E-state index in [-0.39, 0.29) is 11.8 Å². The van der Waals surface area contributed by atoms with Gasteiger partial charge < -0.3 is 14.6 Å². The minimum atomic E-state index is -0.376. The Morgan fingerprint density at radius 1 is 1.03 bits per heavy atom. The van der Waals surface area contributed by atoms with Crippen LogP contribution in [0.3, 0.4) is 0 Å². The smallest absolute Gasteiger partial charge is 0.259 e. The van der Waals surface area contributed by atoms with Crippen molar-refractivity contribution in [1.29, 1.82) is 0 Å². The molecule has 1 N–H and O–H groups in total. The molecule has 1 aliphatic heterocycles. The van der Waals surface area contributed by atoms with E-state index in [4.69, 9.17) is 25.9 Å². The summed E-state index contributed by atoms with van der Waals surface area (Å²) >= 11 is 6.04. The highest BCUT2D eigenvalue weighted by atomic mass is 35.5. The molecule has 170 valence electrons. The van der Waals surface area contributed by atoms with Crippen LogP contribution in [-0.2, 0) is 11.3 Å². The third-order valence-corrected chi connectivity index (χ3v) is 5.60. The van der Waals surface area contributed by atoms with E-state index in [1.807, 2.05) is 48.5 Å². The number of rotatable bonds is 6. The standard InChI is InChI=1S/C25H20ClN5O3/c26-19-3-1-17(2-4-19)16-31-24(32)22(18-9-12-27-13-10-18)15-28-25(31)29-20-5-7-21(8-6-20)34-23-11-14-33-30-23/h1-14,22H,15-16H2,(H,28,29). The molecule has 0 saturated heterocycles. The lowest BCUT2D eigenvalue weighted by molar-refractivity contribution is -0.129. The zero-order chi connectivity index (χ0) is 23.3. The van der Waals surface area contributed by atoms with E-state index in [2.05, 4.69) is 15.5 Å². The number of aliphatic imine (C=N–C) groups is 1. The average Bonchev–Trinajstić information content (AvgIpc) is 3.37. The van der Waals surface area contributed by atoms with Crippen LogP contribution in [0, 0.1) is 0 Å². The molecule has 1 amide bonds. The Labute approximate surface area is 200 Å². The largest absolute Gasteiger partial charge is 0.436 e. The van der Waals surface area contributed by atoms with Crippen molar-refractivity contribution in [2.75, 3.05) is 11.9 Å². The Morgan fingerprint density at radius 2 is 1.79 bits per heavy atom. The van der Waals surface area contributed by atoms with Crippen molar-refractivity contribution in [3.05, 3.63) is 102 Å². The first-order chi connectivity index (χ1) is 16.7. The van der Waals surface area contributed by atoms with E-state index in [1.165, 1.54) is 6.26 Å². The number of carbonyl (C=O) groups is 1. The highest BCUT2D eigenvalue weighted by Crippen LogP contribution is 2.26. The summed E-state index contributed by atoms with van der Waals surface area (Å²) in [7, 11) is 0. The van der Waals surface area contributed by atoms with Gasteiger partial charge in [0.05, 0.1) is 19.0 Å². The van der Waals surface area contributed by atoms with E-state index < -0.39 is 0 Å². The van der Waals surface area contributed by atoms with Gasteiger partial charge in [0.25, 0.3) is 5.88 Å². The van der Waals surface area contributed by atoms with Crippen LogP contribution in [0.15, 0.2) is 94.9 Å². The van der Waals surface area contributed by atoms with Crippen LogP contribution in [0.2, 0.25) is 5.02 Å². The van der Waals surface area contributed by atoms with Crippen molar-refractivity contribution in [2.24, 2.45) is 4.99 Å². The molecule has 1 atom stereocenters. The van der Waals surface area contributed by atoms with Crippen molar-refractivity contribution < 1.29 is 14.1 Å². The number of amides is 1. The van der Waals surface area contributed by atoms with Gasteiger partial charge in [-0.25, -0.2) is 0 Å². The quantitative estimate of drug-likeness (QED) is 0.418. The third-order valence-electron chi connectivity index (χ3n) is 5.35. The van der Waals surface area contributed by atoms with Gasteiger partial charge in [-0.3, -0.25) is 19.7 Å². The molecule has 4 aromatic rings. The first-order valence-electron chi connectivity index (χ1n) is 10.6. The first kappa shape index (κ1) is 21.7. The lowest BCUT2D eigenvalue weighted by atomic mass is 9.97. The van der Waals surface area contributed by atoms with E-state index in [0.29, 0.717) is 35.7 Å². The summed E-state index contributed by atoms with van der Waals surface area (Å²) in [6.07, 6.45) is 4.82. The molecule has 0 saturated carbocycles. The molecular weight excluding hydrogens is 454 g/mol. The Bertz CT molecular complexity index is 1280. The minimum Gasteiger partial charge on any atom is -0.436 e. The number of benzene rings is 2. The summed E-state index contributed by atoms with van der Waals surface area (Å²) < 4.78 is 10.4. The maximum Gasteiger partial charge on any atom is 0.259 e. The van der Waals surface area contributed by atoms with E-state index >= 15 is 0 Å². The molecule has 1 unspecified atom stereocenters. The summed E-state index contributed by atoms with van der Waals surface area (Å²) in [5.74, 6) is 1.05. The molecule has 34 heavy (non-hydrogen) atoms. The zero-order valence-corrected chi connectivity index (χ0v) is 18.7. The number of hydrogen-bond acceptors (Lipinski definition) is 7. The second-order valence-corrected chi connectivity index (χ2v) is 8.07. The van der Waals surface area contributed by atoms with Gasteiger partial charge >= 0.3 is 0 Å². The van der Waals surface area contributed by atoms with Gasteiger partial charge in [0.15, 0.2) is 0 Å². The second kappa shape index (κ2) is 9.76. The normalized spacial score (nSPS) is 15.7. The SMILES string of the molecule is O=C1C(c2ccncc2)CN=C(Nc2ccc(Oc3ccon3)cc2)N1Cc1ccc(Cl)cc1. The molecule has 3 heterocycles. The molecule has 9 heteroatoms. The maximum atomic E-state index is 13.6. The predicted molar refractivity (Wildman–Crippen MR) is 128 cm³/mol. The van der Waals surface area contributed by atoms with E-state index in [1.54, 1.807) is 35.5 Å². The van der Waals surface area contributed by atoms with Gasteiger partial charge in [0, 0.05) is 29.2 Å². The summed E-state index contributed by atoms with van der Waals surface area (Å²) in [5.41, 5.74) is 2.60. The maximum absolute atomic E-state index is 13.6. The highest BCUT2D eigenvalue weighted by molar-refractivity contribution is 6.30.